The number of ketones is 2. The lowest BCUT2D eigenvalue weighted by atomic mass is 9.56. The first kappa shape index (κ1) is 24.0. The van der Waals surface area contributed by atoms with Crippen LogP contribution in [0, 0.1) is 18.3 Å². The van der Waals surface area contributed by atoms with Gasteiger partial charge in [0.25, 0.3) is 5.91 Å². The average Bonchev–Trinajstić information content (AvgIpc) is 3.33. The van der Waals surface area contributed by atoms with Crippen molar-refractivity contribution in [2.75, 3.05) is 14.1 Å². The Morgan fingerprint density at radius 1 is 1.17 bits per heavy atom. The normalized spacial score (nSPS) is 31.4. The highest BCUT2D eigenvalue weighted by Gasteiger charge is 2.67. The number of amides is 1. The predicted molar refractivity (Wildman–Crippen MR) is 127 cm³/mol. The second-order valence-corrected chi connectivity index (χ2v) is 9.68. The van der Waals surface area contributed by atoms with E-state index >= 15 is 0 Å². The van der Waals surface area contributed by atoms with E-state index in [1.807, 2.05) is 12.2 Å². The molecule has 7 N–H and O–H groups in total. The SMILES string of the molecule is CN(C)[C@H]1C(=O)C(C(N)=O)=C(O)[C@]2(O)C(=O)C3=C(O)c4c(ccc(C5=CC=CC5)c4O)[CH][C@@H]3[C@@H](O)[C@H]12. The summed E-state index contributed by atoms with van der Waals surface area (Å²) < 4.78 is 0. The van der Waals surface area contributed by atoms with Crippen molar-refractivity contribution in [3.63, 3.8) is 0 Å². The van der Waals surface area contributed by atoms with E-state index in [1.54, 1.807) is 18.2 Å². The topological polar surface area (TPSA) is 182 Å². The minimum Gasteiger partial charge on any atom is -0.508 e. The molecule has 1 aromatic carbocycles. The smallest absolute Gasteiger partial charge is 0.255 e. The molecule has 0 saturated heterocycles. The quantitative estimate of drug-likeness (QED) is 0.322. The lowest BCUT2D eigenvalue weighted by Gasteiger charge is -2.52. The second-order valence-electron chi connectivity index (χ2n) is 9.68. The molecule has 1 radical (unpaired) electrons. The fourth-order valence-corrected chi connectivity index (χ4v) is 5.92. The van der Waals surface area contributed by atoms with Gasteiger partial charge in [0.15, 0.2) is 11.4 Å². The molecule has 5 rings (SSSR count). The van der Waals surface area contributed by atoms with E-state index in [2.05, 4.69) is 0 Å². The standard InChI is InChI=1S/C26H25N2O8/c1-28(2)18-17-20(30)13-9-11-7-8-12(10-5-3-4-6-10)19(29)14(11)21(31)15(13)23(33)26(17,36)24(34)16(22(18)32)25(27)35/h3-5,7-9,13,17-18,20,29-31,34,36H,6H2,1-2H3,(H2,27,35)/t13-,17-,18+,20+,26+/m0/s1. The number of likely N-dealkylation sites (N-methyl/N-ethyl adjacent to an activating group) is 1. The van der Waals surface area contributed by atoms with E-state index < -0.39 is 69.7 Å². The number of phenols is 1. The lowest BCUT2D eigenvalue weighted by molar-refractivity contribution is -0.167. The maximum Gasteiger partial charge on any atom is 0.255 e. The van der Waals surface area contributed by atoms with Gasteiger partial charge in [0.1, 0.15) is 22.8 Å². The number of Topliss-reactive ketones (excluding diaryl/α,β-unsaturated/α-hetero) is 2. The maximum atomic E-state index is 13.8. The number of hydrogen-bond acceptors (Lipinski definition) is 9. The highest BCUT2D eigenvalue weighted by Crippen LogP contribution is 2.53. The minimum absolute atomic E-state index is 0.0659. The number of phenolic OH excluding ortho intramolecular Hbond substituents is 1. The predicted octanol–water partition coefficient (Wildman–Crippen LogP) is 0.288. The van der Waals surface area contributed by atoms with Gasteiger partial charge in [0.2, 0.25) is 5.78 Å². The third kappa shape index (κ3) is 2.92. The first-order valence-corrected chi connectivity index (χ1v) is 11.3. The molecule has 1 fully saturated rings. The van der Waals surface area contributed by atoms with Crippen LogP contribution in [0.15, 0.2) is 47.3 Å². The molecule has 0 aliphatic heterocycles. The van der Waals surface area contributed by atoms with Crippen LogP contribution in [0.5, 0.6) is 5.75 Å². The number of aromatic hydroxyl groups is 1. The van der Waals surface area contributed by atoms with Crippen LogP contribution in [0.3, 0.4) is 0 Å². The number of nitrogens with zero attached hydrogens (tertiary/aromatic N) is 1. The maximum absolute atomic E-state index is 13.8. The highest BCUT2D eigenvalue weighted by molar-refractivity contribution is 6.24. The van der Waals surface area contributed by atoms with Crippen LogP contribution in [-0.2, 0) is 14.4 Å². The molecule has 1 saturated carbocycles. The van der Waals surface area contributed by atoms with Gasteiger partial charge < -0.3 is 31.3 Å². The molecule has 4 aliphatic rings. The molecule has 0 aromatic heterocycles. The molecule has 5 atom stereocenters. The summed E-state index contributed by atoms with van der Waals surface area (Å²) in [6, 6.07) is 1.91. The van der Waals surface area contributed by atoms with Crippen LogP contribution in [0.4, 0.5) is 0 Å². The van der Waals surface area contributed by atoms with Crippen LogP contribution in [0.2, 0.25) is 0 Å². The highest BCUT2D eigenvalue weighted by atomic mass is 16.4. The molecule has 0 bridgehead atoms. The fourth-order valence-electron chi connectivity index (χ4n) is 5.92. The molecule has 4 aliphatic carbocycles. The molecular formula is C26H25N2O8. The third-order valence-corrected chi connectivity index (χ3v) is 7.58. The molecule has 1 aromatic rings. The summed E-state index contributed by atoms with van der Waals surface area (Å²) in [6.45, 7) is 0. The number of aliphatic hydroxyl groups excluding tert-OH is 3. The molecule has 0 spiro atoms. The zero-order valence-corrected chi connectivity index (χ0v) is 19.5. The van der Waals surface area contributed by atoms with Gasteiger partial charge in [-0.1, -0.05) is 30.4 Å². The largest absolute Gasteiger partial charge is 0.508 e. The molecule has 0 heterocycles. The summed E-state index contributed by atoms with van der Waals surface area (Å²) in [5.74, 6) is -8.49. The summed E-state index contributed by atoms with van der Waals surface area (Å²) in [4.78, 5) is 40.3. The zero-order chi connectivity index (χ0) is 26.3. The van der Waals surface area contributed by atoms with Crippen LogP contribution >= 0.6 is 0 Å². The number of aliphatic hydroxyl groups is 4. The summed E-state index contributed by atoms with van der Waals surface area (Å²) in [7, 11) is 2.91. The molecule has 10 nitrogen and oxygen atoms in total. The van der Waals surface area contributed by atoms with Crippen LogP contribution < -0.4 is 5.73 Å². The first-order chi connectivity index (χ1) is 16.9. The van der Waals surface area contributed by atoms with E-state index in [0.717, 1.165) is 5.57 Å². The van der Waals surface area contributed by atoms with Crippen molar-refractivity contribution >= 4 is 28.8 Å². The van der Waals surface area contributed by atoms with Crippen LogP contribution in [0.25, 0.3) is 11.3 Å². The Hall–Kier alpha value is -3.73. The van der Waals surface area contributed by atoms with E-state index in [4.69, 9.17) is 5.73 Å². The zero-order valence-electron chi connectivity index (χ0n) is 19.5. The molecule has 187 valence electrons. The van der Waals surface area contributed by atoms with Gasteiger partial charge in [-0.05, 0) is 31.7 Å². The number of hydrogen-bond donors (Lipinski definition) is 6. The molecule has 36 heavy (non-hydrogen) atoms. The Morgan fingerprint density at radius 2 is 1.86 bits per heavy atom. The van der Waals surface area contributed by atoms with Crippen molar-refractivity contribution in [1.29, 1.82) is 0 Å². The molecule has 10 heteroatoms. The number of carbonyl (C=O) groups excluding carboxylic acids is 3. The molecule has 0 unspecified atom stereocenters. The minimum atomic E-state index is -2.93. The number of allylic oxidation sites excluding steroid dienone is 4. The Labute approximate surface area is 206 Å². The van der Waals surface area contributed by atoms with E-state index in [-0.39, 0.29) is 11.3 Å². The van der Waals surface area contributed by atoms with Gasteiger partial charge >= 0.3 is 0 Å². The van der Waals surface area contributed by atoms with Crippen LogP contribution in [0.1, 0.15) is 23.1 Å². The third-order valence-electron chi connectivity index (χ3n) is 7.58. The van der Waals surface area contributed by atoms with Gasteiger partial charge in [0.05, 0.1) is 23.6 Å². The van der Waals surface area contributed by atoms with Gasteiger partial charge in [-0.2, -0.15) is 0 Å². The average molecular weight is 493 g/mol. The summed E-state index contributed by atoms with van der Waals surface area (Å²) in [6.07, 6.45) is 5.90. The summed E-state index contributed by atoms with van der Waals surface area (Å²) in [5.41, 5.74) is 2.47. The fraction of sp³-hybridized carbons (Fsp3) is 0.308. The van der Waals surface area contributed by atoms with E-state index in [9.17, 15) is 39.9 Å². The first-order valence-electron chi connectivity index (χ1n) is 11.3. The Morgan fingerprint density at radius 3 is 2.44 bits per heavy atom. The Balaban J connectivity index is 1.75. The van der Waals surface area contributed by atoms with Gasteiger partial charge in [-0.3, -0.25) is 19.3 Å². The van der Waals surface area contributed by atoms with Gasteiger partial charge in [0, 0.05) is 23.5 Å². The van der Waals surface area contributed by atoms with Crippen molar-refractivity contribution in [3.8, 4) is 5.75 Å². The second kappa shape index (κ2) is 7.89. The van der Waals surface area contributed by atoms with Gasteiger partial charge in [-0.25, -0.2) is 0 Å². The number of benzene rings is 1. The molecular weight excluding hydrogens is 468 g/mol. The van der Waals surface area contributed by atoms with Crippen molar-refractivity contribution in [2.24, 2.45) is 17.6 Å². The van der Waals surface area contributed by atoms with E-state index in [0.29, 0.717) is 17.5 Å². The Kier molecular flexibility index (Phi) is 5.26. The lowest BCUT2D eigenvalue weighted by Crippen LogP contribution is -2.70. The van der Waals surface area contributed by atoms with E-state index in [1.165, 1.54) is 25.4 Å². The van der Waals surface area contributed by atoms with Crippen molar-refractivity contribution in [2.45, 2.75) is 24.2 Å². The number of primary amides is 1. The number of carbonyl (C=O) groups is 3. The Bertz CT molecular complexity index is 1370. The monoisotopic (exact) mass is 493 g/mol. The van der Waals surface area contributed by atoms with Gasteiger partial charge in [-0.15, -0.1) is 0 Å². The number of fused-ring (bicyclic) bond motifs is 3. The summed E-state index contributed by atoms with van der Waals surface area (Å²) >= 11 is 0. The van der Waals surface area contributed by atoms with Crippen molar-refractivity contribution < 1.29 is 39.9 Å². The summed E-state index contributed by atoms with van der Waals surface area (Å²) in [5, 5.41) is 56.1. The number of nitrogens with two attached hydrogens (primary N) is 1. The number of rotatable bonds is 3. The van der Waals surface area contributed by atoms with Crippen molar-refractivity contribution in [3.05, 3.63) is 70.4 Å². The van der Waals surface area contributed by atoms with Crippen LogP contribution in [-0.4, -0.2) is 79.7 Å². The molecule has 1 amide bonds. The van der Waals surface area contributed by atoms with Crippen molar-refractivity contribution in [1.82, 2.24) is 4.90 Å².